The Morgan fingerprint density at radius 2 is 1.80 bits per heavy atom. The van der Waals surface area contributed by atoms with E-state index >= 15 is 0 Å². The van der Waals surface area contributed by atoms with Gasteiger partial charge in [0.05, 0.1) is 10.9 Å². The number of anilines is 1. The first-order valence-electron chi connectivity index (χ1n) is 6.74. The molecule has 0 aliphatic rings. The van der Waals surface area contributed by atoms with Crippen LogP contribution in [-0.4, -0.2) is 26.8 Å². The maximum atomic E-state index is 12.3. The van der Waals surface area contributed by atoms with Gasteiger partial charge < -0.3 is 5.32 Å². The lowest BCUT2D eigenvalue weighted by atomic mass is 10.1. The van der Waals surface area contributed by atoms with Gasteiger partial charge in [-0.25, -0.2) is 8.42 Å². The number of sulfonamides is 1. The minimum absolute atomic E-state index is 0.441. The maximum Gasteiger partial charge on any atom is 0.236 e. The first-order chi connectivity index (χ1) is 9.54. The smallest absolute Gasteiger partial charge is 0.236 e. The molecular formula is C15H20N2O2S. The van der Waals surface area contributed by atoms with Crippen LogP contribution in [0.25, 0.3) is 10.8 Å². The van der Waals surface area contributed by atoms with Crippen LogP contribution >= 0.6 is 0 Å². The van der Waals surface area contributed by atoms with E-state index in [1.54, 1.807) is 13.0 Å². The lowest BCUT2D eigenvalue weighted by Crippen LogP contribution is -2.34. The summed E-state index contributed by atoms with van der Waals surface area (Å²) in [6, 6.07) is 13.3. The third kappa shape index (κ3) is 3.29. The van der Waals surface area contributed by atoms with E-state index in [-0.39, 0.29) is 0 Å². The summed E-state index contributed by atoms with van der Waals surface area (Å²) >= 11 is 0. The number of rotatable bonds is 6. The van der Waals surface area contributed by atoms with Crippen molar-refractivity contribution in [1.29, 1.82) is 0 Å². The topological polar surface area (TPSA) is 58.2 Å². The molecule has 0 fully saturated rings. The minimum atomic E-state index is -3.39. The second-order valence-electron chi connectivity index (χ2n) is 4.79. The summed E-state index contributed by atoms with van der Waals surface area (Å²) in [7, 11) is -3.39. The minimum Gasteiger partial charge on any atom is -0.316 e. The molecule has 0 amide bonds. The Kier molecular flexibility index (Phi) is 4.62. The van der Waals surface area contributed by atoms with E-state index in [0.29, 0.717) is 12.2 Å². The first-order valence-corrected chi connectivity index (χ1v) is 8.29. The zero-order valence-corrected chi connectivity index (χ0v) is 12.6. The molecule has 0 aromatic heterocycles. The molecule has 0 saturated heterocycles. The van der Waals surface area contributed by atoms with Gasteiger partial charge in [-0.2, -0.15) is 0 Å². The van der Waals surface area contributed by atoms with Crippen molar-refractivity contribution in [1.82, 2.24) is 5.32 Å². The average molecular weight is 292 g/mol. The number of hydrogen-bond donors (Lipinski definition) is 2. The van der Waals surface area contributed by atoms with Crippen LogP contribution in [0.2, 0.25) is 0 Å². The summed E-state index contributed by atoms with van der Waals surface area (Å²) in [5.41, 5.74) is 0.631. The molecule has 20 heavy (non-hydrogen) atoms. The Balaban J connectivity index is 2.27. The van der Waals surface area contributed by atoms with Crippen LogP contribution < -0.4 is 10.0 Å². The molecular weight excluding hydrogens is 272 g/mol. The monoisotopic (exact) mass is 292 g/mol. The van der Waals surface area contributed by atoms with Gasteiger partial charge in [-0.3, -0.25) is 4.72 Å². The van der Waals surface area contributed by atoms with Crippen LogP contribution in [0.3, 0.4) is 0 Å². The van der Waals surface area contributed by atoms with Gasteiger partial charge in [-0.1, -0.05) is 43.3 Å². The zero-order chi connectivity index (χ0) is 14.6. The highest BCUT2D eigenvalue weighted by Gasteiger charge is 2.20. The van der Waals surface area contributed by atoms with Crippen LogP contribution in [0.1, 0.15) is 13.8 Å². The molecule has 2 aromatic carbocycles. The van der Waals surface area contributed by atoms with Gasteiger partial charge in [0.25, 0.3) is 0 Å². The summed E-state index contributed by atoms with van der Waals surface area (Å²) in [5, 5.41) is 4.50. The zero-order valence-electron chi connectivity index (χ0n) is 11.8. The summed E-state index contributed by atoms with van der Waals surface area (Å²) in [6.07, 6.45) is 0. The van der Waals surface area contributed by atoms with E-state index in [0.717, 1.165) is 17.3 Å². The van der Waals surface area contributed by atoms with Crippen molar-refractivity contribution in [3.63, 3.8) is 0 Å². The number of nitrogens with one attached hydrogen (secondary N) is 2. The van der Waals surface area contributed by atoms with E-state index in [1.165, 1.54) is 0 Å². The van der Waals surface area contributed by atoms with Crippen molar-refractivity contribution >= 4 is 26.5 Å². The predicted molar refractivity (Wildman–Crippen MR) is 84.5 cm³/mol. The van der Waals surface area contributed by atoms with E-state index in [2.05, 4.69) is 10.0 Å². The van der Waals surface area contributed by atoms with Gasteiger partial charge in [0.15, 0.2) is 0 Å². The van der Waals surface area contributed by atoms with Gasteiger partial charge in [0, 0.05) is 11.9 Å². The maximum absolute atomic E-state index is 12.3. The van der Waals surface area contributed by atoms with E-state index in [9.17, 15) is 8.42 Å². The molecule has 1 atom stereocenters. The van der Waals surface area contributed by atoms with Gasteiger partial charge in [-0.05, 0) is 24.9 Å². The van der Waals surface area contributed by atoms with Crippen LogP contribution in [0, 0.1) is 0 Å². The first kappa shape index (κ1) is 14.8. The summed E-state index contributed by atoms with van der Waals surface area (Å²) in [5.74, 6) is 0. The van der Waals surface area contributed by atoms with Crippen molar-refractivity contribution in [2.24, 2.45) is 0 Å². The molecule has 0 radical (unpaired) electrons. The predicted octanol–water partition coefficient (Wildman–Crippen LogP) is 2.58. The fraction of sp³-hybridized carbons (Fsp3) is 0.333. The highest BCUT2D eigenvalue weighted by molar-refractivity contribution is 7.93. The van der Waals surface area contributed by atoms with Gasteiger partial charge in [-0.15, -0.1) is 0 Å². The highest BCUT2D eigenvalue weighted by Crippen LogP contribution is 2.24. The van der Waals surface area contributed by atoms with Crippen molar-refractivity contribution in [3.8, 4) is 0 Å². The van der Waals surface area contributed by atoms with E-state index in [1.807, 2.05) is 43.3 Å². The largest absolute Gasteiger partial charge is 0.316 e. The lowest BCUT2D eigenvalue weighted by Gasteiger charge is -2.16. The molecule has 1 unspecified atom stereocenters. The number of benzene rings is 2. The Morgan fingerprint density at radius 1 is 1.10 bits per heavy atom. The van der Waals surface area contributed by atoms with Crippen molar-refractivity contribution in [2.75, 3.05) is 17.8 Å². The lowest BCUT2D eigenvalue weighted by molar-refractivity contribution is 0.579. The molecule has 5 heteroatoms. The molecule has 2 rings (SSSR count). The Hall–Kier alpha value is -1.59. The second-order valence-corrected chi connectivity index (χ2v) is 6.89. The number of hydrogen-bond acceptors (Lipinski definition) is 3. The molecule has 0 heterocycles. The SMILES string of the molecule is CCNCC(C)S(=O)(=O)Nc1cccc2ccccc12. The van der Waals surface area contributed by atoms with Crippen LogP contribution in [0.5, 0.6) is 0 Å². The van der Waals surface area contributed by atoms with Crippen molar-refractivity contribution in [3.05, 3.63) is 42.5 Å². The molecule has 2 aromatic rings. The molecule has 0 saturated carbocycles. The summed E-state index contributed by atoms with van der Waals surface area (Å²) in [6.45, 7) is 4.86. The molecule has 2 N–H and O–H groups in total. The van der Waals surface area contributed by atoms with Gasteiger partial charge in [0.2, 0.25) is 10.0 Å². The van der Waals surface area contributed by atoms with E-state index < -0.39 is 15.3 Å². The fourth-order valence-corrected chi connectivity index (χ4v) is 3.05. The van der Waals surface area contributed by atoms with Gasteiger partial charge >= 0.3 is 0 Å². The number of fused-ring (bicyclic) bond motifs is 1. The highest BCUT2D eigenvalue weighted by atomic mass is 32.2. The van der Waals surface area contributed by atoms with Crippen molar-refractivity contribution < 1.29 is 8.42 Å². The van der Waals surface area contributed by atoms with Crippen LogP contribution in [0.15, 0.2) is 42.5 Å². The fourth-order valence-electron chi connectivity index (χ4n) is 2.03. The Bertz CT molecular complexity index is 678. The molecule has 0 aliphatic carbocycles. The third-order valence-corrected chi connectivity index (χ3v) is 4.98. The molecule has 108 valence electrons. The normalized spacial score (nSPS) is 13.3. The molecule has 4 nitrogen and oxygen atoms in total. The Morgan fingerprint density at radius 3 is 2.55 bits per heavy atom. The summed E-state index contributed by atoms with van der Waals surface area (Å²) in [4.78, 5) is 0. The van der Waals surface area contributed by atoms with Crippen molar-refractivity contribution in [2.45, 2.75) is 19.1 Å². The molecule has 0 aliphatic heterocycles. The second kappa shape index (κ2) is 6.24. The average Bonchev–Trinajstić information content (AvgIpc) is 2.44. The summed E-state index contributed by atoms with van der Waals surface area (Å²) < 4.78 is 27.3. The standard InChI is InChI=1S/C15H20N2O2S/c1-3-16-11-12(2)20(18,19)17-15-10-6-8-13-7-4-5-9-14(13)15/h4-10,12,16-17H,3,11H2,1-2H3. The van der Waals surface area contributed by atoms with E-state index in [4.69, 9.17) is 0 Å². The Labute approximate surface area is 120 Å². The van der Waals surface area contributed by atoms with Crippen LogP contribution in [0.4, 0.5) is 5.69 Å². The van der Waals surface area contributed by atoms with Crippen LogP contribution in [-0.2, 0) is 10.0 Å². The molecule has 0 spiro atoms. The molecule has 0 bridgehead atoms. The quantitative estimate of drug-likeness (QED) is 0.860. The third-order valence-electron chi connectivity index (χ3n) is 3.25. The van der Waals surface area contributed by atoms with Gasteiger partial charge in [0.1, 0.15) is 0 Å².